The fraction of sp³-hybridized carbons (Fsp3) is 0.167. The Morgan fingerprint density at radius 2 is 1.81 bits per heavy atom. The lowest BCUT2D eigenvalue weighted by molar-refractivity contribution is -0.137. The number of hydrogen-bond donors (Lipinski definition) is 4. The SMILES string of the molecule is CNc1cc(-n2nc(C)cc2Nc2cc(NC(=O)c3cc(N)cc(C(F)(F)F)c3)ccc2C)ncn1. The van der Waals surface area contributed by atoms with Gasteiger partial charge in [0.1, 0.15) is 18.0 Å². The van der Waals surface area contributed by atoms with E-state index >= 15 is 0 Å². The van der Waals surface area contributed by atoms with Gasteiger partial charge >= 0.3 is 6.18 Å². The molecule has 0 atom stereocenters. The van der Waals surface area contributed by atoms with Crippen molar-refractivity contribution in [2.45, 2.75) is 20.0 Å². The predicted molar refractivity (Wildman–Crippen MR) is 132 cm³/mol. The molecule has 0 fully saturated rings. The average molecular weight is 496 g/mol. The molecule has 2 aromatic carbocycles. The van der Waals surface area contributed by atoms with E-state index in [2.05, 4.69) is 31.0 Å². The number of nitrogens with one attached hydrogen (secondary N) is 3. The van der Waals surface area contributed by atoms with E-state index in [1.54, 1.807) is 36.0 Å². The number of hydrogen-bond acceptors (Lipinski definition) is 7. The van der Waals surface area contributed by atoms with Crippen molar-refractivity contribution >= 4 is 34.6 Å². The Labute approximate surface area is 204 Å². The molecule has 12 heteroatoms. The van der Waals surface area contributed by atoms with Crippen LogP contribution in [0.1, 0.15) is 27.2 Å². The number of amides is 1. The molecule has 0 saturated carbocycles. The lowest BCUT2D eigenvalue weighted by Crippen LogP contribution is -2.15. The van der Waals surface area contributed by atoms with E-state index in [-0.39, 0.29) is 11.3 Å². The van der Waals surface area contributed by atoms with Crippen molar-refractivity contribution in [3.63, 3.8) is 0 Å². The predicted octanol–water partition coefficient (Wildman–Crippen LogP) is 4.92. The Balaban J connectivity index is 1.61. The topological polar surface area (TPSA) is 123 Å². The minimum Gasteiger partial charge on any atom is -0.399 e. The molecule has 4 aromatic rings. The number of nitrogens with two attached hydrogens (primary N) is 1. The summed E-state index contributed by atoms with van der Waals surface area (Å²) in [5.41, 5.74) is 6.88. The highest BCUT2D eigenvalue weighted by Gasteiger charge is 2.31. The minimum atomic E-state index is -4.62. The zero-order chi connectivity index (χ0) is 26.0. The average Bonchev–Trinajstić information content (AvgIpc) is 3.20. The van der Waals surface area contributed by atoms with Crippen molar-refractivity contribution in [1.29, 1.82) is 0 Å². The lowest BCUT2D eigenvalue weighted by atomic mass is 10.1. The molecule has 36 heavy (non-hydrogen) atoms. The van der Waals surface area contributed by atoms with Crippen LogP contribution in [-0.2, 0) is 6.18 Å². The molecule has 0 aliphatic rings. The van der Waals surface area contributed by atoms with Crippen LogP contribution in [0.4, 0.5) is 41.9 Å². The molecule has 0 aliphatic carbocycles. The second kappa shape index (κ2) is 9.56. The smallest absolute Gasteiger partial charge is 0.399 e. The van der Waals surface area contributed by atoms with Gasteiger partial charge in [0.2, 0.25) is 0 Å². The third-order valence-corrected chi connectivity index (χ3v) is 5.26. The zero-order valence-electron chi connectivity index (χ0n) is 19.6. The molecule has 1 amide bonds. The van der Waals surface area contributed by atoms with E-state index in [0.29, 0.717) is 28.8 Å². The van der Waals surface area contributed by atoms with Gasteiger partial charge in [0.15, 0.2) is 5.82 Å². The Morgan fingerprint density at radius 3 is 2.53 bits per heavy atom. The highest BCUT2D eigenvalue weighted by Crippen LogP contribution is 2.32. The highest BCUT2D eigenvalue weighted by molar-refractivity contribution is 6.05. The molecule has 0 saturated heterocycles. The molecule has 0 aliphatic heterocycles. The first-order valence-electron chi connectivity index (χ1n) is 10.8. The van der Waals surface area contributed by atoms with E-state index in [1.165, 1.54) is 12.4 Å². The lowest BCUT2D eigenvalue weighted by Gasteiger charge is -2.14. The summed E-state index contributed by atoms with van der Waals surface area (Å²) in [6, 6.07) is 11.4. The van der Waals surface area contributed by atoms with E-state index in [0.717, 1.165) is 23.4 Å². The van der Waals surface area contributed by atoms with Crippen LogP contribution < -0.4 is 21.7 Å². The second-order valence-electron chi connectivity index (χ2n) is 8.04. The van der Waals surface area contributed by atoms with Gasteiger partial charge < -0.3 is 21.7 Å². The third-order valence-electron chi connectivity index (χ3n) is 5.26. The fourth-order valence-corrected chi connectivity index (χ4v) is 3.48. The maximum atomic E-state index is 13.1. The molecule has 0 spiro atoms. The summed E-state index contributed by atoms with van der Waals surface area (Å²) in [7, 11) is 1.75. The van der Waals surface area contributed by atoms with E-state index in [9.17, 15) is 18.0 Å². The molecule has 186 valence electrons. The number of aromatic nitrogens is 4. The molecule has 4 rings (SSSR count). The second-order valence-corrected chi connectivity index (χ2v) is 8.04. The van der Waals surface area contributed by atoms with Crippen LogP contribution in [0.2, 0.25) is 0 Å². The molecule has 0 radical (unpaired) electrons. The van der Waals surface area contributed by atoms with Crippen molar-refractivity contribution in [2.75, 3.05) is 28.7 Å². The van der Waals surface area contributed by atoms with E-state index < -0.39 is 17.6 Å². The summed E-state index contributed by atoms with van der Waals surface area (Å²) < 4.78 is 41.0. The summed E-state index contributed by atoms with van der Waals surface area (Å²) in [5, 5.41) is 13.4. The van der Waals surface area contributed by atoms with Gasteiger partial charge in [-0.05, 0) is 49.7 Å². The Morgan fingerprint density at radius 1 is 1.03 bits per heavy atom. The molecular formula is C24H23F3N8O. The number of alkyl halides is 3. The summed E-state index contributed by atoms with van der Waals surface area (Å²) in [5.74, 6) is 1.05. The monoisotopic (exact) mass is 496 g/mol. The van der Waals surface area contributed by atoms with Crippen molar-refractivity contribution in [3.8, 4) is 5.82 Å². The van der Waals surface area contributed by atoms with Crippen LogP contribution in [0.25, 0.3) is 5.82 Å². The van der Waals surface area contributed by atoms with Crippen LogP contribution in [0.15, 0.2) is 54.9 Å². The van der Waals surface area contributed by atoms with Crippen molar-refractivity contribution < 1.29 is 18.0 Å². The molecule has 0 bridgehead atoms. The number of rotatable bonds is 6. The van der Waals surface area contributed by atoms with E-state index in [1.807, 2.05) is 19.9 Å². The Bertz CT molecular complexity index is 1430. The highest BCUT2D eigenvalue weighted by atomic mass is 19.4. The largest absolute Gasteiger partial charge is 0.416 e. The number of anilines is 5. The number of carbonyl (C=O) groups excluding carboxylic acids is 1. The molecule has 2 aromatic heterocycles. The van der Waals surface area contributed by atoms with Gasteiger partial charge in [-0.3, -0.25) is 4.79 Å². The summed E-state index contributed by atoms with van der Waals surface area (Å²) in [4.78, 5) is 21.1. The van der Waals surface area contributed by atoms with E-state index in [4.69, 9.17) is 5.73 Å². The first-order valence-corrected chi connectivity index (χ1v) is 10.8. The van der Waals surface area contributed by atoms with Crippen LogP contribution in [0.5, 0.6) is 0 Å². The molecular weight excluding hydrogens is 473 g/mol. The summed E-state index contributed by atoms with van der Waals surface area (Å²) in [6.45, 7) is 3.71. The third kappa shape index (κ3) is 5.37. The van der Waals surface area contributed by atoms with Gasteiger partial charge in [-0.1, -0.05) is 6.07 Å². The number of benzene rings is 2. The van der Waals surface area contributed by atoms with Gasteiger partial charge in [0.25, 0.3) is 5.91 Å². The fourth-order valence-electron chi connectivity index (χ4n) is 3.48. The van der Waals surface area contributed by atoms with Gasteiger partial charge in [-0.2, -0.15) is 23.0 Å². The summed E-state index contributed by atoms with van der Waals surface area (Å²) >= 11 is 0. The number of aryl methyl sites for hydroxylation is 2. The van der Waals surface area contributed by atoms with Crippen LogP contribution in [0.3, 0.4) is 0 Å². The van der Waals surface area contributed by atoms with Crippen molar-refractivity contribution in [2.24, 2.45) is 0 Å². The minimum absolute atomic E-state index is 0.156. The number of carbonyl (C=O) groups is 1. The maximum absolute atomic E-state index is 13.1. The van der Waals surface area contributed by atoms with Crippen molar-refractivity contribution in [1.82, 2.24) is 19.7 Å². The summed E-state index contributed by atoms with van der Waals surface area (Å²) in [6.07, 6.45) is -3.20. The molecule has 5 N–H and O–H groups in total. The molecule has 0 unspecified atom stereocenters. The number of nitrogen functional groups attached to an aromatic ring is 1. The van der Waals surface area contributed by atoms with Gasteiger partial charge in [0.05, 0.1) is 11.3 Å². The van der Waals surface area contributed by atoms with Gasteiger partial charge in [-0.25, -0.2) is 9.97 Å². The van der Waals surface area contributed by atoms with Crippen LogP contribution >= 0.6 is 0 Å². The Kier molecular flexibility index (Phi) is 6.51. The Hall–Kier alpha value is -4.61. The van der Waals surface area contributed by atoms with Crippen LogP contribution in [-0.4, -0.2) is 32.7 Å². The first-order chi connectivity index (χ1) is 17.0. The normalized spacial score (nSPS) is 11.3. The van der Waals surface area contributed by atoms with Crippen LogP contribution in [0, 0.1) is 13.8 Å². The zero-order valence-corrected chi connectivity index (χ0v) is 19.6. The first kappa shape index (κ1) is 24.5. The maximum Gasteiger partial charge on any atom is 0.416 e. The van der Waals surface area contributed by atoms with Gasteiger partial charge in [0, 0.05) is 41.8 Å². The van der Waals surface area contributed by atoms with Crippen molar-refractivity contribution in [3.05, 3.63) is 77.2 Å². The molecule has 2 heterocycles. The number of halogens is 3. The molecule has 9 nitrogen and oxygen atoms in total. The standard InChI is InChI=1S/C24H23F3N8O/c1-13-4-5-18(32-23(36)15-7-16(24(25,26)27)9-17(28)8-15)10-19(13)33-22-6-14(2)34-35(22)21-11-20(29-3)30-12-31-21/h4-12,33H,28H2,1-3H3,(H,32,36)(H,29,30,31). The van der Waals surface area contributed by atoms with Gasteiger partial charge in [-0.15, -0.1) is 0 Å². The number of nitrogens with zero attached hydrogens (tertiary/aromatic N) is 4. The quantitative estimate of drug-likeness (QED) is 0.280.